The minimum absolute atomic E-state index is 0.147. The van der Waals surface area contributed by atoms with Crippen molar-refractivity contribution in [1.82, 2.24) is 4.57 Å². The average molecular weight is 835 g/mol. The topological polar surface area (TPSA) is 11.4 Å². The number of rotatable bonds is 7. The van der Waals surface area contributed by atoms with Gasteiger partial charge in [0, 0.05) is 51.6 Å². The third kappa shape index (κ3) is 5.42. The van der Waals surface area contributed by atoms with Crippen LogP contribution in [0.15, 0.2) is 243 Å². The van der Waals surface area contributed by atoms with Gasteiger partial charge in [0.2, 0.25) is 0 Å². The molecule has 2 aliphatic rings. The van der Waals surface area contributed by atoms with Crippen molar-refractivity contribution >= 4 is 55.9 Å². The fraction of sp³-hybridized carbons (Fsp3) is 0.0323. The van der Waals surface area contributed by atoms with Crippen molar-refractivity contribution in [3.63, 3.8) is 0 Å². The molecule has 1 heterocycles. The van der Waals surface area contributed by atoms with Gasteiger partial charge in [-0.3, -0.25) is 0 Å². The minimum atomic E-state index is -0.730. The Morgan fingerprint density at radius 3 is 1.52 bits per heavy atom. The molecular weight excluding hydrogens is 787 g/mol. The van der Waals surface area contributed by atoms with Crippen LogP contribution >= 0.6 is 0 Å². The van der Waals surface area contributed by atoms with Crippen LogP contribution in [-0.2, 0) is 12.5 Å². The summed E-state index contributed by atoms with van der Waals surface area (Å²) in [6.45, 7) is 0. The summed E-state index contributed by atoms with van der Waals surface area (Å²) >= 11 is 0. The number of aromatic nitrogens is 1. The average Bonchev–Trinajstić information content (AvgIpc) is 3.99. The standard InChI is InChI=1S/C62H43N3/c1-63-57-32-17-14-29-52(57)61-59(63)34-19-35-60(61)65(58-33-18-13-26-47(58)42-20-5-2-6-21-42)46-37-39-51-49-28-12-16-31-54(49)62(56(51)41-46)53-30-15-11-27-48(53)50-38-36-45(40-55(50)62)64(43-22-7-3-8-23-43)44-24-9-4-10-25-44/h2-41H,1H3/i2D,5D,6D,20D,21D. The van der Waals surface area contributed by atoms with Crippen LogP contribution in [0.25, 0.3) is 55.2 Å². The molecular formula is C62H43N3. The van der Waals surface area contributed by atoms with E-state index in [9.17, 15) is 2.74 Å². The first kappa shape index (κ1) is 32.3. The van der Waals surface area contributed by atoms with Gasteiger partial charge in [-0.05, 0) is 123 Å². The molecule has 0 N–H and O–H groups in total. The first-order chi connectivity index (χ1) is 34.3. The number of hydrogen-bond acceptors (Lipinski definition) is 2. The molecule has 1 spiro atoms. The van der Waals surface area contributed by atoms with Crippen molar-refractivity contribution < 1.29 is 6.85 Å². The highest BCUT2D eigenvalue weighted by molar-refractivity contribution is 6.16. The smallest absolute Gasteiger partial charge is 0.0727 e. The summed E-state index contributed by atoms with van der Waals surface area (Å²) in [5, 5.41) is 2.12. The molecule has 1 atom stereocenters. The lowest BCUT2D eigenvalue weighted by Crippen LogP contribution is -2.26. The van der Waals surface area contributed by atoms with Crippen molar-refractivity contribution in [2.75, 3.05) is 9.80 Å². The van der Waals surface area contributed by atoms with Crippen LogP contribution < -0.4 is 9.80 Å². The maximum absolute atomic E-state index is 9.24. The maximum Gasteiger partial charge on any atom is 0.0727 e. The van der Waals surface area contributed by atoms with E-state index in [1.807, 2.05) is 24.3 Å². The van der Waals surface area contributed by atoms with E-state index < -0.39 is 11.5 Å². The summed E-state index contributed by atoms with van der Waals surface area (Å²) in [6, 6.07) is 73.3. The fourth-order valence-corrected chi connectivity index (χ4v) is 11.0. The second-order valence-corrected chi connectivity index (χ2v) is 16.9. The fourth-order valence-electron chi connectivity index (χ4n) is 11.0. The Morgan fingerprint density at radius 2 is 0.877 bits per heavy atom. The Morgan fingerprint density at radius 1 is 0.385 bits per heavy atom. The quantitative estimate of drug-likeness (QED) is 0.158. The minimum Gasteiger partial charge on any atom is -0.344 e. The van der Waals surface area contributed by atoms with Crippen LogP contribution in [0.4, 0.5) is 34.1 Å². The van der Waals surface area contributed by atoms with E-state index in [1.54, 1.807) is 0 Å². The number of para-hydroxylation sites is 4. The predicted molar refractivity (Wildman–Crippen MR) is 272 cm³/mol. The van der Waals surface area contributed by atoms with Crippen LogP contribution in [0.2, 0.25) is 0 Å². The van der Waals surface area contributed by atoms with E-state index >= 15 is 0 Å². The molecule has 0 saturated heterocycles. The molecule has 0 aliphatic heterocycles. The van der Waals surface area contributed by atoms with Gasteiger partial charge < -0.3 is 14.4 Å². The van der Waals surface area contributed by atoms with Crippen molar-refractivity contribution in [3.05, 3.63) is 265 Å². The van der Waals surface area contributed by atoms with Gasteiger partial charge in [0.25, 0.3) is 0 Å². The molecule has 11 aromatic rings. The Kier molecular flexibility index (Phi) is 7.25. The molecule has 65 heavy (non-hydrogen) atoms. The van der Waals surface area contributed by atoms with Gasteiger partial charge in [-0.2, -0.15) is 0 Å². The van der Waals surface area contributed by atoms with Crippen LogP contribution in [0.5, 0.6) is 0 Å². The second-order valence-electron chi connectivity index (χ2n) is 16.9. The lowest BCUT2D eigenvalue weighted by molar-refractivity contribution is 0.793. The molecule has 3 nitrogen and oxygen atoms in total. The predicted octanol–water partition coefficient (Wildman–Crippen LogP) is 16.3. The zero-order chi connectivity index (χ0) is 47.4. The molecule has 0 fully saturated rings. The summed E-state index contributed by atoms with van der Waals surface area (Å²) in [4.78, 5) is 4.57. The molecule has 2 aliphatic carbocycles. The van der Waals surface area contributed by atoms with Crippen LogP contribution in [0.3, 0.4) is 0 Å². The molecule has 1 unspecified atom stereocenters. The zero-order valence-electron chi connectivity index (χ0n) is 40.5. The van der Waals surface area contributed by atoms with Crippen LogP contribution in [-0.4, -0.2) is 4.57 Å². The monoisotopic (exact) mass is 834 g/mol. The Labute approximate surface area is 386 Å². The first-order valence-corrected chi connectivity index (χ1v) is 22.1. The first-order valence-electron chi connectivity index (χ1n) is 24.6. The number of nitrogens with zero attached hydrogens (tertiary/aromatic N) is 3. The molecule has 0 saturated carbocycles. The highest BCUT2D eigenvalue weighted by Gasteiger charge is 2.52. The number of benzene rings is 10. The number of fused-ring (bicyclic) bond motifs is 13. The van der Waals surface area contributed by atoms with E-state index in [-0.39, 0.29) is 29.7 Å². The summed E-state index contributed by atoms with van der Waals surface area (Å²) in [6.07, 6.45) is 0. The van der Waals surface area contributed by atoms with Gasteiger partial charge >= 0.3 is 0 Å². The Hall–Kier alpha value is -8.40. The highest BCUT2D eigenvalue weighted by Crippen LogP contribution is 2.64. The van der Waals surface area contributed by atoms with Crippen molar-refractivity contribution in [2.24, 2.45) is 7.05 Å². The molecule has 1 aromatic heterocycles. The van der Waals surface area contributed by atoms with E-state index in [1.165, 1.54) is 33.4 Å². The molecule has 0 amide bonds. The molecule has 0 radical (unpaired) electrons. The maximum atomic E-state index is 9.24. The van der Waals surface area contributed by atoms with Gasteiger partial charge in [-0.15, -0.1) is 0 Å². The van der Waals surface area contributed by atoms with Crippen molar-refractivity contribution in [1.29, 1.82) is 0 Å². The lowest BCUT2D eigenvalue weighted by Gasteiger charge is -2.34. The third-order valence-electron chi connectivity index (χ3n) is 13.7. The van der Waals surface area contributed by atoms with Gasteiger partial charge in [0.15, 0.2) is 0 Å². The van der Waals surface area contributed by atoms with Gasteiger partial charge in [0.05, 0.1) is 29.2 Å². The summed E-state index contributed by atoms with van der Waals surface area (Å²) in [5.74, 6) is 0. The van der Waals surface area contributed by atoms with Crippen molar-refractivity contribution in [2.45, 2.75) is 5.41 Å². The van der Waals surface area contributed by atoms with Gasteiger partial charge in [-0.1, -0.05) is 170 Å². The number of anilines is 6. The summed E-state index contributed by atoms with van der Waals surface area (Å²) in [7, 11) is 2.09. The second kappa shape index (κ2) is 14.6. The third-order valence-corrected chi connectivity index (χ3v) is 13.7. The normalized spacial score (nSPS) is 15.4. The molecule has 0 bridgehead atoms. The Bertz CT molecular complexity index is 3860. The molecule has 3 heteroatoms. The Balaban J connectivity index is 1.12. The van der Waals surface area contributed by atoms with E-state index in [2.05, 4.69) is 209 Å². The van der Waals surface area contributed by atoms with E-state index in [0.29, 0.717) is 11.3 Å². The SMILES string of the molecule is [2H]c1c([2H])c([2H])c(-c2ccccc2N(c2ccc3c(c2)C2(c4ccccc4-c4ccc(N(c5ccccc5)c5ccccc5)cc42)c2ccccc2-3)c2cccc3c2c2ccccc2n3C)c([2H])c1[2H]. The summed E-state index contributed by atoms with van der Waals surface area (Å²) in [5.41, 5.74) is 17.1. The van der Waals surface area contributed by atoms with E-state index in [4.69, 9.17) is 4.11 Å². The van der Waals surface area contributed by atoms with E-state index in [0.717, 1.165) is 61.4 Å². The molecule has 10 aromatic carbocycles. The number of aryl methyl sites for hydroxylation is 1. The highest BCUT2D eigenvalue weighted by atomic mass is 15.2. The zero-order valence-corrected chi connectivity index (χ0v) is 35.5. The summed E-state index contributed by atoms with van der Waals surface area (Å²) < 4.78 is 46.7. The van der Waals surface area contributed by atoms with Gasteiger partial charge in [-0.25, -0.2) is 0 Å². The van der Waals surface area contributed by atoms with Gasteiger partial charge in [0.1, 0.15) is 0 Å². The van der Waals surface area contributed by atoms with Crippen LogP contribution in [0, 0.1) is 0 Å². The molecule has 13 rings (SSSR count). The number of hydrogen-bond donors (Lipinski definition) is 0. The van der Waals surface area contributed by atoms with Crippen molar-refractivity contribution in [3.8, 4) is 33.4 Å². The molecule has 306 valence electrons. The van der Waals surface area contributed by atoms with Crippen LogP contribution in [0.1, 0.15) is 29.1 Å². The largest absolute Gasteiger partial charge is 0.344 e. The lowest BCUT2D eigenvalue weighted by atomic mass is 9.70.